The van der Waals surface area contributed by atoms with Gasteiger partial charge in [0.15, 0.2) is 0 Å². The van der Waals surface area contributed by atoms with E-state index in [-0.39, 0.29) is 17.0 Å². The summed E-state index contributed by atoms with van der Waals surface area (Å²) in [5.74, 6) is -0.389. The molecule has 0 spiro atoms. The first-order chi connectivity index (χ1) is 11.6. The monoisotopic (exact) mass is 323 g/mol. The molecule has 0 atom stereocenters. The maximum absolute atomic E-state index is 12.1. The van der Waals surface area contributed by atoms with Crippen LogP contribution in [0.2, 0.25) is 0 Å². The molecule has 3 rings (SSSR count). The number of benzene rings is 1. The number of aryl methyl sites for hydroxylation is 1. The summed E-state index contributed by atoms with van der Waals surface area (Å²) in [6.07, 6.45) is 3.43. The summed E-state index contributed by atoms with van der Waals surface area (Å²) in [4.78, 5) is 23.9. The van der Waals surface area contributed by atoms with Crippen molar-refractivity contribution in [2.45, 2.75) is 6.54 Å². The molecule has 3 aromatic rings. The van der Waals surface area contributed by atoms with Gasteiger partial charge < -0.3 is 9.88 Å². The molecule has 24 heavy (non-hydrogen) atoms. The molecule has 0 saturated heterocycles. The molecule has 7 nitrogen and oxygen atoms in total. The van der Waals surface area contributed by atoms with Gasteiger partial charge >= 0.3 is 0 Å². The van der Waals surface area contributed by atoms with E-state index in [1.807, 2.05) is 36.5 Å². The van der Waals surface area contributed by atoms with Crippen molar-refractivity contribution in [2.24, 2.45) is 7.05 Å². The van der Waals surface area contributed by atoms with Gasteiger partial charge in [-0.25, -0.2) is 0 Å². The minimum Gasteiger partial charge on any atom is -0.350 e. The maximum Gasteiger partial charge on any atom is 0.263 e. The van der Waals surface area contributed by atoms with E-state index < -0.39 is 0 Å². The van der Waals surface area contributed by atoms with Crippen molar-refractivity contribution in [3.05, 3.63) is 70.8 Å². The van der Waals surface area contributed by atoms with Gasteiger partial charge in [-0.1, -0.05) is 35.5 Å². The van der Waals surface area contributed by atoms with Crippen molar-refractivity contribution in [1.29, 1.82) is 0 Å². The van der Waals surface area contributed by atoms with Gasteiger partial charge in [0, 0.05) is 25.4 Å². The van der Waals surface area contributed by atoms with Crippen LogP contribution in [0.15, 0.2) is 59.7 Å². The summed E-state index contributed by atoms with van der Waals surface area (Å²) < 4.78 is 3.03. The van der Waals surface area contributed by atoms with E-state index in [0.29, 0.717) is 13.1 Å². The van der Waals surface area contributed by atoms with Crippen LogP contribution < -0.4 is 10.9 Å². The van der Waals surface area contributed by atoms with Crippen molar-refractivity contribution in [3.63, 3.8) is 0 Å². The zero-order chi connectivity index (χ0) is 16.9. The highest BCUT2D eigenvalue weighted by atomic mass is 16.2. The Morgan fingerprint density at radius 1 is 1.17 bits per heavy atom. The summed E-state index contributed by atoms with van der Waals surface area (Å²) >= 11 is 0. The summed E-state index contributed by atoms with van der Waals surface area (Å²) in [7, 11) is 1.61. The molecule has 122 valence electrons. The molecule has 0 saturated carbocycles. The van der Waals surface area contributed by atoms with Crippen LogP contribution in [-0.4, -0.2) is 32.0 Å². The molecule has 0 unspecified atom stereocenters. The predicted octanol–water partition coefficient (Wildman–Crippen LogP) is 1.07. The van der Waals surface area contributed by atoms with Gasteiger partial charge in [-0.3, -0.25) is 14.3 Å². The molecule has 0 aliphatic rings. The van der Waals surface area contributed by atoms with Gasteiger partial charge in [0.05, 0.1) is 12.7 Å². The normalized spacial score (nSPS) is 10.5. The topological polar surface area (TPSA) is 81.8 Å². The number of nitrogens with one attached hydrogen (secondary N) is 1. The number of pyridine rings is 1. The highest BCUT2D eigenvalue weighted by Gasteiger charge is 2.10. The number of hydrogen-bond donors (Lipinski definition) is 1. The van der Waals surface area contributed by atoms with Gasteiger partial charge in [-0.2, -0.15) is 0 Å². The second-order valence-electron chi connectivity index (χ2n) is 5.33. The Bertz CT molecular complexity index is 899. The SMILES string of the molecule is Cn1cccc(C(=O)NCCn2cc(-c3ccccc3)nn2)c1=O. The highest BCUT2D eigenvalue weighted by Crippen LogP contribution is 2.14. The first kappa shape index (κ1) is 15.7. The van der Waals surface area contributed by atoms with E-state index in [1.165, 1.54) is 10.6 Å². The number of carbonyl (C=O) groups excluding carboxylic acids is 1. The first-order valence-electron chi connectivity index (χ1n) is 7.54. The fourth-order valence-electron chi connectivity index (χ4n) is 2.30. The van der Waals surface area contributed by atoms with Crippen LogP contribution >= 0.6 is 0 Å². The fraction of sp³-hybridized carbons (Fsp3) is 0.176. The third kappa shape index (κ3) is 3.40. The Morgan fingerprint density at radius 2 is 1.96 bits per heavy atom. The van der Waals surface area contributed by atoms with Gasteiger partial charge in [0.2, 0.25) is 0 Å². The summed E-state index contributed by atoms with van der Waals surface area (Å²) in [5, 5.41) is 10.9. The van der Waals surface area contributed by atoms with Crippen molar-refractivity contribution >= 4 is 5.91 Å². The lowest BCUT2D eigenvalue weighted by Gasteiger charge is -2.05. The third-order valence-corrected chi connectivity index (χ3v) is 3.60. The minimum atomic E-state index is -0.389. The predicted molar refractivity (Wildman–Crippen MR) is 89.5 cm³/mol. The van der Waals surface area contributed by atoms with Crippen LogP contribution in [0.5, 0.6) is 0 Å². The zero-order valence-corrected chi connectivity index (χ0v) is 13.2. The lowest BCUT2D eigenvalue weighted by Crippen LogP contribution is -2.33. The van der Waals surface area contributed by atoms with Crippen molar-refractivity contribution in [3.8, 4) is 11.3 Å². The molecular weight excluding hydrogens is 306 g/mol. The second kappa shape index (κ2) is 6.91. The van der Waals surface area contributed by atoms with Crippen LogP contribution in [-0.2, 0) is 13.6 Å². The molecule has 1 N–H and O–H groups in total. The molecule has 0 aliphatic heterocycles. The third-order valence-electron chi connectivity index (χ3n) is 3.60. The molecular formula is C17H17N5O2. The molecule has 1 amide bonds. The number of aromatic nitrogens is 4. The quantitative estimate of drug-likeness (QED) is 0.761. The summed E-state index contributed by atoms with van der Waals surface area (Å²) in [5.41, 5.74) is 1.57. The van der Waals surface area contributed by atoms with E-state index >= 15 is 0 Å². The van der Waals surface area contributed by atoms with Gasteiger partial charge in [0.25, 0.3) is 11.5 Å². The molecule has 7 heteroatoms. The highest BCUT2D eigenvalue weighted by molar-refractivity contribution is 5.93. The Kier molecular flexibility index (Phi) is 4.51. The number of carbonyl (C=O) groups is 1. The molecule has 0 radical (unpaired) electrons. The molecule has 0 aliphatic carbocycles. The van der Waals surface area contributed by atoms with Crippen LogP contribution in [0.1, 0.15) is 10.4 Å². The largest absolute Gasteiger partial charge is 0.350 e. The van der Waals surface area contributed by atoms with Crippen LogP contribution in [0.25, 0.3) is 11.3 Å². The lowest BCUT2D eigenvalue weighted by atomic mass is 10.2. The van der Waals surface area contributed by atoms with Crippen LogP contribution in [0.3, 0.4) is 0 Å². The molecule has 2 heterocycles. The second-order valence-corrected chi connectivity index (χ2v) is 5.33. The number of amides is 1. The fourth-order valence-corrected chi connectivity index (χ4v) is 2.30. The van der Waals surface area contributed by atoms with Gasteiger partial charge in [-0.05, 0) is 12.1 Å². The molecule has 0 fully saturated rings. The summed E-state index contributed by atoms with van der Waals surface area (Å²) in [6.45, 7) is 0.827. The summed E-state index contributed by atoms with van der Waals surface area (Å²) in [6, 6.07) is 12.9. The van der Waals surface area contributed by atoms with E-state index in [1.54, 1.807) is 24.0 Å². The molecule has 2 aromatic heterocycles. The average Bonchev–Trinajstić information content (AvgIpc) is 3.07. The van der Waals surface area contributed by atoms with Crippen molar-refractivity contribution in [2.75, 3.05) is 6.54 Å². The molecule has 0 bridgehead atoms. The Hall–Kier alpha value is -3.22. The minimum absolute atomic E-state index is 0.128. The standard InChI is InChI=1S/C17H17N5O2/c1-21-10-5-8-14(17(21)24)16(23)18-9-11-22-12-15(19-20-22)13-6-3-2-4-7-13/h2-8,10,12H,9,11H2,1H3,(H,18,23). The van der Waals surface area contributed by atoms with E-state index in [4.69, 9.17) is 0 Å². The van der Waals surface area contributed by atoms with E-state index in [9.17, 15) is 9.59 Å². The maximum atomic E-state index is 12.1. The lowest BCUT2D eigenvalue weighted by molar-refractivity contribution is 0.0950. The number of nitrogens with zero attached hydrogens (tertiary/aromatic N) is 4. The Labute approximate surface area is 138 Å². The van der Waals surface area contributed by atoms with Gasteiger partial charge in [-0.15, -0.1) is 5.10 Å². The van der Waals surface area contributed by atoms with Gasteiger partial charge in [0.1, 0.15) is 11.3 Å². The van der Waals surface area contributed by atoms with Crippen LogP contribution in [0.4, 0.5) is 0 Å². The number of rotatable bonds is 5. The van der Waals surface area contributed by atoms with E-state index in [2.05, 4.69) is 15.6 Å². The van der Waals surface area contributed by atoms with Crippen molar-refractivity contribution in [1.82, 2.24) is 24.9 Å². The molecule has 1 aromatic carbocycles. The number of hydrogen-bond acceptors (Lipinski definition) is 4. The van der Waals surface area contributed by atoms with E-state index in [0.717, 1.165) is 11.3 Å². The Morgan fingerprint density at radius 3 is 2.75 bits per heavy atom. The first-order valence-corrected chi connectivity index (χ1v) is 7.54. The Balaban J connectivity index is 1.59. The zero-order valence-electron chi connectivity index (χ0n) is 13.2. The van der Waals surface area contributed by atoms with Crippen molar-refractivity contribution < 1.29 is 4.79 Å². The smallest absolute Gasteiger partial charge is 0.263 e. The average molecular weight is 323 g/mol. The van der Waals surface area contributed by atoms with Crippen LogP contribution in [0, 0.1) is 0 Å².